The first-order chi connectivity index (χ1) is 22.3. The Morgan fingerprint density at radius 2 is 0.609 bits per heavy atom. The van der Waals surface area contributed by atoms with E-state index in [2.05, 4.69) is 18.0 Å². The summed E-state index contributed by atoms with van der Waals surface area (Å²) in [6.07, 6.45) is 36.3. The van der Waals surface area contributed by atoms with Gasteiger partial charge in [0, 0.05) is 0 Å². The highest BCUT2D eigenvalue weighted by molar-refractivity contribution is 7.80. The molecule has 0 aromatic rings. The number of rotatable bonds is 39. The highest BCUT2D eigenvalue weighted by atomic mass is 32.3. The molecule has 0 unspecified atom stereocenters. The summed E-state index contributed by atoms with van der Waals surface area (Å²) in [5, 5.41) is 0. The smallest absolute Gasteiger partial charge is 0.287 e. The lowest BCUT2D eigenvalue weighted by Gasteiger charge is -2.18. The highest BCUT2D eigenvalue weighted by Gasteiger charge is 2.26. The fourth-order valence-corrected chi connectivity index (χ4v) is 7.21. The highest BCUT2D eigenvalue weighted by Crippen LogP contribution is 2.50. The lowest BCUT2D eigenvalue weighted by Crippen LogP contribution is -2.07. The summed E-state index contributed by atoms with van der Waals surface area (Å²) in [6.45, 7) is 5.13. The Labute approximate surface area is 285 Å². The van der Waals surface area contributed by atoms with Crippen molar-refractivity contribution in [3.05, 3.63) is 0 Å². The molecule has 0 aliphatic carbocycles. The molecule has 0 heterocycles. The largest absolute Gasteiger partial charge is 0.474 e. The van der Waals surface area contributed by atoms with E-state index in [0.29, 0.717) is 26.1 Å². The summed E-state index contributed by atoms with van der Waals surface area (Å²) in [6, 6.07) is 0. The molecule has 0 aliphatic heterocycles. The maximum atomic E-state index is 13.2. The molecule has 10 heteroatoms. The number of hydrogen-bond acceptors (Lipinski definition) is 7. The van der Waals surface area contributed by atoms with Gasteiger partial charge in [0.2, 0.25) is 0 Å². The van der Waals surface area contributed by atoms with Crippen LogP contribution in [0.25, 0.3) is 0 Å². The van der Waals surface area contributed by atoms with Gasteiger partial charge in [-0.1, -0.05) is 181 Å². The van der Waals surface area contributed by atoms with Crippen LogP contribution in [0, 0.1) is 0 Å². The molecule has 1 N–H and O–H groups in total. The van der Waals surface area contributed by atoms with Gasteiger partial charge in [-0.2, -0.15) is 8.42 Å². The van der Waals surface area contributed by atoms with Crippen molar-refractivity contribution >= 4 is 18.2 Å². The molecule has 8 nitrogen and oxygen atoms in total. The van der Waals surface area contributed by atoms with Crippen molar-refractivity contribution in [2.24, 2.45) is 0 Å². The molecule has 278 valence electrons. The third-order valence-electron chi connectivity index (χ3n) is 8.51. The van der Waals surface area contributed by atoms with E-state index < -0.39 is 18.2 Å². The van der Waals surface area contributed by atoms with Crippen LogP contribution in [0.1, 0.15) is 206 Å². The van der Waals surface area contributed by atoms with Gasteiger partial charge < -0.3 is 0 Å². The molecule has 0 aromatic carbocycles. The van der Waals surface area contributed by atoms with Gasteiger partial charge in [-0.25, -0.2) is 8.75 Å². The topological polar surface area (TPSA) is 108 Å². The first-order valence-corrected chi connectivity index (χ1v) is 22.3. The Morgan fingerprint density at radius 1 is 0.391 bits per heavy atom. The van der Waals surface area contributed by atoms with Crippen molar-refractivity contribution in [3.8, 4) is 0 Å². The monoisotopic (exact) mass is 698 g/mol. The first kappa shape index (κ1) is 46.0. The molecule has 0 saturated carbocycles. The van der Waals surface area contributed by atoms with E-state index in [9.17, 15) is 13.0 Å². The number of unbranched alkanes of at least 4 members (excludes halogenated alkanes) is 27. The van der Waals surface area contributed by atoms with Crippen molar-refractivity contribution in [2.45, 2.75) is 206 Å². The second kappa shape index (κ2) is 34.8. The lowest BCUT2D eigenvalue weighted by atomic mass is 10.0. The Morgan fingerprint density at radius 3 is 0.870 bits per heavy atom. The standard InChI is InChI=1S/C36H75O8PS/c1-3-5-7-9-11-13-15-17-19-21-23-25-27-29-33-41-45(37,43-35-31-32-36-44-46(38,39)40)42-34-30-28-26-24-22-20-18-16-14-12-10-8-6-4-2/h3-36H2,1-2H3,(H,38,39,40). The summed E-state index contributed by atoms with van der Waals surface area (Å²) in [7, 11) is -8.13. The minimum atomic E-state index is -4.45. The van der Waals surface area contributed by atoms with Crippen LogP contribution in [-0.2, 0) is 32.7 Å². The quantitative estimate of drug-likeness (QED) is 0.0384. The van der Waals surface area contributed by atoms with E-state index in [0.717, 1.165) is 38.5 Å². The normalized spacial score (nSPS) is 12.3. The zero-order valence-electron chi connectivity index (χ0n) is 30.2. The maximum Gasteiger partial charge on any atom is 0.474 e. The van der Waals surface area contributed by atoms with E-state index in [-0.39, 0.29) is 13.2 Å². The van der Waals surface area contributed by atoms with Crippen molar-refractivity contribution < 1.29 is 35.3 Å². The summed E-state index contributed by atoms with van der Waals surface area (Å²) in [5.41, 5.74) is 0. The van der Waals surface area contributed by atoms with Crippen molar-refractivity contribution in [1.29, 1.82) is 0 Å². The molecule has 46 heavy (non-hydrogen) atoms. The average molecular weight is 699 g/mol. The summed E-state index contributed by atoms with van der Waals surface area (Å²) >= 11 is 0. The number of phosphoric ester groups is 1. The second-order valence-electron chi connectivity index (χ2n) is 13.1. The van der Waals surface area contributed by atoms with Crippen LogP contribution in [-0.4, -0.2) is 39.4 Å². The summed E-state index contributed by atoms with van der Waals surface area (Å²) in [4.78, 5) is 0. The molecule has 0 rings (SSSR count). The maximum absolute atomic E-state index is 13.2. The second-order valence-corrected chi connectivity index (χ2v) is 15.9. The fourth-order valence-electron chi connectivity index (χ4n) is 5.60. The number of hydrogen-bond donors (Lipinski definition) is 1. The van der Waals surface area contributed by atoms with Gasteiger partial charge in [-0.15, -0.1) is 0 Å². The molecular formula is C36H75O8PS. The zero-order chi connectivity index (χ0) is 33.9. The van der Waals surface area contributed by atoms with Crippen molar-refractivity contribution in [2.75, 3.05) is 26.4 Å². The van der Waals surface area contributed by atoms with Crippen LogP contribution in [0.2, 0.25) is 0 Å². The SMILES string of the molecule is CCCCCCCCCCCCCCCCOP(=O)(OCCCCCCCCCCCCCCCC)OCCCCOS(=O)(=O)O. The lowest BCUT2D eigenvalue weighted by molar-refractivity contribution is 0.107. The van der Waals surface area contributed by atoms with Crippen LogP contribution in [0.3, 0.4) is 0 Å². The summed E-state index contributed by atoms with van der Waals surface area (Å²) < 4.78 is 64.5. The number of phosphoric acid groups is 1. The summed E-state index contributed by atoms with van der Waals surface area (Å²) in [5.74, 6) is 0. The minimum Gasteiger partial charge on any atom is -0.287 e. The Balaban J connectivity index is 4.02. The van der Waals surface area contributed by atoms with Crippen LogP contribution in [0.15, 0.2) is 0 Å². The van der Waals surface area contributed by atoms with Crippen LogP contribution >= 0.6 is 7.82 Å². The molecule has 0 aliphatic rings. The molecule has 0 atom stereocenters. The third-order valence-corrected chi connectivity index (χ3v) is 10.5. The van der Waals surface area contributed by atoms with Crippen molar-refractivity contribution in [1.82, 2.24) is 0 Å². The van der Waals surface area contributed by atoms with Crippen LogP contribution < -0.4 is 0 Å². The Hall–Kier alpha value is -0.0200. The van der Waals surface area contributed by atoms with Gasteiger partial charge in [0.15, 0.2) is 0 Å². The fraction of sp³-hybridized carbons (Fsp3) is 1.00. The molecule has 0 bridgehead atoms. The van der Waals surface area contributed by atoms with E-state index >= 15 is 0 Å². The van der Waals surface area contributed by atoms with Gasteiger partial charge in [0.1, 0.15) is 0 Å². The molecule has 0 amide bonds. The van der Waals surface area contributed by atoms with Crippen LogP contribution in [0.4, 0.5) is 0 Å². The Kier molecular flexibility index (Phi) is 34.8. The third kappa shape index (κ3) is 36.8. The van der Waals surface area contributed by atoms with Crippen molar-refractivity contribution in [3.63, 3.8) is 0 Å². The zero-order valence-corrected chi connectivity index (χ0v) is 31.9. The van der Waals surface area contributed by atoms with E-state index in [4.69, 9.17) is 18.1 Å². The molecule has 0 spiro atoms. The minimum absolute atomic E-state index is 0.101. The molecule has 0 fully saturated rings. The van der Waals surface area contributed by atoms with Gasteiger partial charge >= 0.3 is 18.2 Å². The Bertz CT molecular complexity index is 727. The predicted octanol–water partition coefficient (Wildman–Crippen LogP) is 12.7. The molecule has 0 saturated heterocycles. The first-order valence-electron chi connectivity index (χ1n) is 19.5. The van der Waals surface area contributed by atoms with E-state index in [1.807, 2.05) is 0 Å². The molecule has 0 aromatic heterocycles. The van der Waals surface area contributed by atoms with E-state index in [1.54, 1.807) is 0 Å². The van der Waals surface area contributed by atoms with Gasteiger partial charge in [-0.05, 0) is 25.7 Å². The van der Waals surface area contributed by atoms with Gasteiger partial charge in [-0.3, -0.25) is 18.1 Å². The van der Waals surface area contributed by atoms with Crippen LogP contribution in [0.5, 0.6) is 0 Å². The average Bonchev–Trinajstić information content (AvgIpc) is 3.02. The van der Waals surface area contributed by atoms with Gasteiger partial charge in [0.05, 0.1) is 26.4 Å². The predicted molar refractivity (Wildman–Crippen MR) is 193 cm³/mol. The molecule has 0 radical (unpaired) electrons. The van der Waals surface area contributed by atoms with E-state index in [1.165, 1.54) is 141 Å². The molecular weight excluding hydrogens is 623 g/mol. The van der Waals surface area contributed by atoms with Gasteiger partial charge in [0.25, 0.3) is 0 Å².